The first kappa shape index (κ1) is 14.1. The molecule has 0 aliphatic rings. The normalized spacial score (nSPS) is 10.2. The minimum atomic E-state index is -0.510. The SMILES string of the molecule is CCCCCOc1nc(NC)nc(C)c1[N+](=O)[O-]. The topological polar surface area (TPSA) is 90.2 Å². The Morgan fingerprint density at radius 2 is 2.11 bits per heavy atom. The number of nitro groups is 1. The summed E-state index contributed by atoms with van der Waals surface area (Å²) in [6.45, 7) is 4.07. The Morgan fingerprint density at radius 3 is 2.67 bits per heavy atom. The van der Waals surface area contributed by atoms with Gasteiger partial charge in [-0.25, -0.2) is 4.98 Å². The molecule has 0 aromatic carbocycles. The summed E-state index contributed by atoms with van der Waals surface area (Å²) < 4.78 is 5.39. The van der Waals surface area contributed by atoms with Gasteiger partial charge >= 0.3 is 5.69 Å². The molecule has 0 aliphatic heterocycles. The number of aryl methyl sites for hydroxylation is 1. The van der Waals surface area contributed by atoms with Crippen LogP contribution in [0.5, 0.6) is 5.88 Å². The summed E-state index contributed by atoms with van der Waals surface area (Å²) in [6, 6.07) is 0. The van der Waals surface area contributed by atoms with Gasteiger partial charge in [0.2, 0.25) is 5.95 Å². The van der Waals surface area contributed by atoms with Crippen LogP contribution in [-0.4, -0.2) is 28.5 Å². The van der Waals surface area contributed by atoms with Crippen LogP contribution in [0.15, 0.2) is 0 Å². The summed E-state index contributed by atoms with van der Waals surface area (Å²) in [5.41, 5.74) is 0.135. The lowest BCUT2D eigenvalue weighted by Gasteiger charge is -2.08. The molecule has 0 amide bonds. The van der Waals surface area contributed by atoms with Gasteiger partial charge in [-0.1, -0.05) is 19.8 Å². The Morgan fingerprint density at radius 1 is 1.39 bits per heavy atom. The molecule has 18 heavy (non-hydrogen) atoms. The maximum atomic E-state index is 11.0. The van der Waals surface area contributed by atoms with E-state index in [-0.39, 0.29) is 11.6 Å². The van der Waals surface area contributed by atoms with Crippen molar-refractivity contribution in [2.24, 2.45) is 0 Å². The zero-order chi connectivity index (χ0) is 13.5. The molecule has 0 atom stereocenters. The first-order valence-corrected chi connectivity index (χ1v) is 5.93. The number of unbranched alkanes of at least 4 members (excludes halogenated alkanes) is 2. The van der Waals surface area contributed by atoms with Crippen LogP contribution in [0.1, 0.15) is 31.9 Å². The van der Waals surface area contributed by atoms with E-state index in [0.29, 0.717) is 18.2 Å². The highest BCUT2D eigenvalue weighted by Gasteiger charge is 2.23. The molecule has 1 heterocycles. The number of nitrogens with one attached hydrogen (secondary N) is 1. The predicted octanol–water partition coefficient (Wildman–Crippen LogP) is 2.30. The van der Waals surface area contributed by atoms with Crippen LogP contribution < -0.4 is 10.1 Å². The molecule has 0 spiro atoms. The molecule has 0 saturated carbocycles. The van der Waals surface area contributed by atoms with Gasteiger partial charge < -0.3 is 10.1 Å². The molecule has 0 saturated heterocycles. The lowest BCUT2D eigenvalue weighted by atomic mass is 10.3. The van der Waals surface area contributed by atoms with E-state index in [4.69, 9.17) is 4.74 Å². The molecular weight excluding hydrogens is 236 g/mol. The first-order valence-electron chi connectivity index (χ1n) is 5.93. The molecule has 1 aromatic heterocycles. The maximum Gasteiger partial charge on any atom is 0.352 e. The lowest BCUT2D eigenvalue weighted by Crippen LogP contribution is -2.08. The van der Waals surface area contributed by atoms with E-state index in [1.807, 2.05) is 0 Å². The van der Waals surface area contributed by atoms with Gasteiger partial charge in [0.05, 0.1) is 11.5 Å². The van der Waals surface area contributed by atoms with E-state index in [2.05, 4.69) is 22.2 Å². The fraction of sp³-hybridized carbons (Fsp3) is 0.636. The quantitative estimate of drug-likeness (QED) is 0.456. The van der Waals surface area contributed by atoms with E-state index in [9.17, 15) is 10.1 Å². The Balaban J connectivity index is 2.91. The molecule has 1 rings (SSSR count). The summed E-state index contributed by atoms with van der Waals surface area (Å²) in [6.07, 6.45) is 2.94. The van der Waals surface area contributed by atoms with E-state index >= 15 is 0 Å². The Labute approximate surface area is 106 Å². The van der Waals surface area contributed by atoms with Crippen LogP contribution >= 0.6 is 0 Å². The Kier molecular flexibility index (Phi) is 5.29. The first-order chi connectivity index (χ1) is 8.60. The van der Waals surface area contributed by atoms with Crippen LogP contribution in [0.25, 0.3) is 0 Å². The highest BCUT2D eigenvalue weighted by molar-refractivity contribution is 5.48. The van der Waals surface area contributed by atoms with Crippen LogP contribution in [0.2, 0.25) is 0 Å². The number of rotatable bonds is 7. The molecule has 0 unspecified atom stereocenters. The number of aromatic nitrogens is 2. The Bertz CT molecular complexity index is 423. The number of hydrogen-bond acceptors (Lipinski definition) is 6. The fourth-order valence-electron chi connectivity index (χ4n) is 1.48. The number of nitrogens with zero attached hydrogens (tertiary/aromatic N) is 3. The Hall–Kier alpha value is -1.92. The second-order valence-electron chi connectivity index (χ2n) is 3.85. The van der Waals surface area contributed by atoms with Gasteiger partial charge in [0.15, 0.2) is 0 Å². The highest BCUT2D eigenvalue weighted by Crippen LogP contribution is 2.28. The van der Waals surface area contributed by atoms with Gasteiger partial charge in [-0.3, -0.25) is 10.1 Å². The fourth-order valence-corrected chi connectivity index (χ4v) is 1.48. The van der Waals surface area contributed by atoms with Crippen molar-refractivity contribution in [2.75, 3.05) is 19.0 Å². The van der Waals surface area contributed by atoms with Crippen molar-refractivity contribution in [2.45, 2.75) is 33.1 Å². The molecule has 100 valence electrons. The van der Waals surface area contributed by atoms with Crippen LogP contribution in [-0.2, 0) is 0 Å². The predicted molar refractivity (Wildman–Crippen MR) is 68.0 cm³/mol. The third kappa shape index (κ3) is 3.54. The number of ether oxygens (including phenoxy) is 1. The molecule has 1 N–H and O–H groups in total. The average molecular weight is 254 g/mol. The minimum absolute atomic E-state index is 0.0351. The third-order valence-corrected chi connectivity index (χ3v) is 2.42. The molecule has 1 aromatic rings. The van der Waals surface area contributed by atoms with Crippen molar-refractivity contribution in [1.29, 1.82) is 0 Å². The zero-order valence-corrected chi connectivity index (χ0v) is 10.9. The van der Waals surface area contributed by atoms with Crippen LogP contribution in [0, 0.1) is 17.0 Å². The van der Waals surface area contributed by atoms with Crippen molar-refractivity contribution in [3.05, 3.63) is 15.8 Å². The number of hydrogen-bond donors (Lipinski definition) is 1. The summed E-state index contributed by atoms with van der Waals surface area (Å²) in [4.78, 5) is 18.4. The monoisotopic (exact) mass is 254 g/mol. The minimum Gasteiger partial charge on any atom is -0.473 e. The summed E-state index contributed by atoms with van der Waals surface area (Å²) >= 11 is 0. The van der Waals surface area contributed by atoms with Crippen LogP contribution in [0.3, 0.4) is 0 Å². The van der Waals surface area contributed by atoms with E-state index in [0.717, 1.165) is 19.3 Å². The van der Waals surface area contributed by atoms with Gasteiger partial charge in [0, 0.05) is 7.05 Å². The van der Waals surface area contributed by atoms with Crippen molar-refractivity contribution < 1.29 is 9.66 Å². The zero-order valence-electron chi connectivity index (χ0n) is 10.9. The van der Waals surface area contributed by atoms with Crippen molar-refractivity contribution in [3.8, 4) is 5.88 Å². The van der Waals surface area contributed by atoms with Gasteiger partial charge in [0.25, 0.3) is 5.88 Å². The molecule has 0 aliphatic carbocycles. The second kappa shape index (κ2) is 6.73. The highest BCUT2D eigenvalue weighted by atomic mass is 16.6. The maximum absolute atomic E-state index is 11.0. The number of anilines is 1. The van der Waals surface area contributed by atoms with Crippen molar-refractivity contribution in [3.63, 3.8) is 0 Å². The molecule has 0 fully saturated rings. The van der Waals surface area contributed by atoms with Gasteiger partial charge in [-0.15, -0.1) is 0 Å². The molecule has 7 heteroatoms. The average Bonchev–Trinajstić information content (AvgIpc) is 2.33. The smallest absolute Gasteiger partial charge is 0.352 e. The van der Waals surface area contributed by atoms with Crippen LogP contribution in [0.4, 0.5) is 11.6 Å². The third-order valence-electron chi connectivity index (χ3n) is 2.42. The molecule has 7 nitrogen and oxygen atoms in total. The second-order valence-corrected chi connectivity index (χ2v) is 3.85. The largest absolute Gasteiger partial charge is 0.473 e. The summed E-state index contributed by atoms with van der Waals surface area (Å²) in [5.74, 6) is 0.358. The van der Waals surface area contributed by atoms with Gasteiger partial charge in [0.1, 0.15) is 5.69 Å². The molecule has 0 radical (unpaired) electrons. The lowest BCUT2D eigenvalue weighted by molar-refractivity contribution is -0.387. The van der Waals surface area contributed by atoms with E-state index < -0.39 is 4.92 Å². The van der Waals surface area contributed by atoms with Crippen molar-refractivity contribution in [1.82, 2.24) is 9.97 Å². The van der Waals surface area contributed by atoms with E-state index in [1.54, 1.807) is 14.0 Å². The van der Waals surface area contributed by atoms with Gasteiger partial charge in [-0.2, -0.15) is 4.98 Å². The summed E-state index contributed by atoms with van der Waals surface area (Å²) in [7, 11) is 1.65. The van der Waals surface area contributed by atoms with Gasteiger partial charge in [-0.05, 0) is 13.3 Å². The molecule has 0 bridgehead atoms. The van der Waals surface area contributed by atoms with Crippen molar-refractivity contribution >= 4 is 11.6 Å². The van der Waals surface area contributed by atoms with E-state index in [1.165, 1.54) is 0 Å². The molecular formula is C11H18N4O3. The standard InChI is InChI=1S/C11H18N4O3/c1-4-5-6-7-18-10-9(15(16)17)8(2)13-11(12-3)14-10/h4-7H2,1-3H3,(H,12,13,14). The summed E-state index contributed by atoms with van der Waals surface area (Å²) in [5, 5.41) is 13.7.